The molecular formula is C37H24N2S. The number of imidazole rings is 1. The molecule has 2 nitrogen and oxygen atoms in total. The molecule has 0 fully saturated rings. The zero-order chi connectivity index (χ0) is 26.5. The summed E-state index contributed by atoms with van der Waals surface area (Å²) in [5, 5.41) is 2.62. The fourth-order valence-electron chi connectivity index (χ4n) is 5.74. The van der Waals surface area contributed by atoms with Crippen LogP contribution in [0.1, 0.15) is 0 Å². The Morgan fingerprint density at radius 3 is 2.05 bits per heavy atom. The maximum absolute atomic E-state index is 5.19. The summed E-state index contributed by atoms with van der Waals surface area (Å²) in [4.78, 5) is 5.19. The van der Waals surface area contributed by atoms with E-state index in [4.69, 9.17) is 4.98 Å². The lowest BCUT2D eigenvalue weighted by Gasteiger charge is -2.14. The van der Waals surface area contributed by atoms with Crippen LogP contribution >= 0.6 is 11.3 Å². The molecule has 0 amide bonds. The summed E-state index contributed by atoms with van der Waals surface area (Å²) in [5.41, 5.74) is 9.09. The molecular weight excluding hydrogens is 504 g/mol. The molecule has 188 valence electrons. The van der Waals surface area contributed by atoms with Crippen molar-refractivity contribution in [1.29, 1.82) is 0 Å². The topological polar surface area (TPSA) is 17.8 Å². The van der Waals surface area contributed by atoms with Gasteiger partial charge in [0.05, 0.1) is 11.0 Å². The molecule has 0 saturated heterocycles. The fraction of sp³-hybridized carbons (Fsp3) is 0. The largest absolute Gasteiger partial charge is 0.292 e. The van der Waals surface area contributed by atoms with Gasteiger partial charge in [0.25, 0.3) is 0 Å². The van der Waals surface area contributed by atoms with Crippen molar-refractivity contribution in [1.82, 2.24) is 9.55 Å². The van der Waals surface area contributed by atoms with Crippen molar-refractivity contribution in [3.63, 3.8) is 0 Å². The van der Waals surface area contributed by atoms with Gasteiger partial charge >= 0.3 is 0 Å². The van der Waals surface area contributed by atoms with E-state index in [1.807, 2.05) is 11.3 Å². The molecule has 3 heteroatoms. The third kappa shape index (κ3) is 3.75. The van der Waals surface area contributed by atoms with Gasteiger partial charge in [-0.2, -0.15) is 0 Å². The highest BCUT2D eigenvalue weighted by Crippen LogP contribution is 2.42. The van der Waals surface area contributed by atoms with Crippen LogP contribution in [0.3, 0.4) is 0 Å². The Morgan fingerprint density at radius 2 is 1.18 bits per heavy atom. The molecule has 0 bridgehead atoms. The number of hydrogen-bond donors (Lipinski definition) is 0. The predicted octanol–water partition coefficient (Wildman–Crippen LogP) is 10.4. The zero-order valence-electron chi connectivity index (χ0n) is 21.7. The highest BCUT2D eigenvalue weighted by molar-refractivity contribution is 7.26. The van der Waals surface area contributed by atoms with Crippen LogP contribution in [0.25, 0.3) is 70.5 Å². The molecule has 0 N–H and O–H groups in total. The third-order valence-corrected chi connectivity index (χ3v) is 8.81. The van der Waals surface area contributed by atoms with Crippen molar-refractivity contribution in [3.05, 3.63) is 146 Å². The Morgan fingerprint density at radius 1 is 0.500 bits per heavy atom. The summed E-state index contributed by atoms with van der Waals surface area (Å²) >= 11 is 1.87. The van der Waals surface area contributed by atoms with Gasteiger partial charge in [-0.05, 0) is 70.8 Å². The minimum absolute atomic E-state index is 0.940. The van der Waals surface area contributed by atoms with Crippen molar-refractivity contribution in [2.45, 2.75) is 0 Å². The van der Waals surface area contributed by atoms with Crippen LogP contribution in [0.15, 0.2) is 146 Å². The first-order valence-corrected chi connectivity index (χ1v) is 14.3. The first-order chi connectivity index (χ1) is 19.8. The van der Waals surface area contributed by atoms with Gasteiger partial charge in [0, 0.05) is 31.4 Å². The zero-order valence-corrected chi connectivity index (χ0v) is 22.5. The maximum Gasteiger partial charge on any atom is 0.145 e. The molecule has 0 radical (unpaired) electrons. The lowest BCUT2D eigenvalue weighted by Crippen LogP contribution is -1.98. The molecule has 0 unspecified atom stereocenters. The maximum atomic E-state index is 5.19. The van der Waals surface area contributed by atoms with E-state index in [1.165, 1.54) is 42.4 Å². The second-order valence-corrected chi connectivity index (χ2v) is 11.1. The number of nitrogens with zero attached hydrogens (tertiary/aromatic N) is 2. The quantitative estimate of drug-likeness (QED) is 0.222. The fourth-order valence-corrected chi connectivity index (χ4v) is 6.98. The lowest BCUT2D eigenvalue weighted by atomic mass is 9.95. The van der Waals surface area contributed by atoms with Gasteiger partial charge in [0.2, 0.25) is 0 Å². The van der Waals surface area contributed by atoms with Crippen LogP contribution in [0.2, 0.25) is 0 Å². The highest BCUT2D eigenvalue weighted by Gasteiger charge is 2.18. The standard InChI is InChI=1S/C37H24N2S/c1-3-12-25(13-4-1)26-22-27(30-17-11-18-32-31-16-7-10-21-35(31)40-36(30)32)24-28(23-26)37-38-33-19-8-9-20-34(33)39(37)29-14-5-2-6-15-29/h1-24H. The molecule has 8 rings (SSSR count). The first-order valence-electron chi connectivity index (χ1n) is 13.5. The van der Waals surface area contributed by atoms with Gasteiger partial charge in [-0.1, -0.05) is 97.1 Å². The second-order valence-electron chi connectivity index (χ2n) is 10.0. The number of hydrogen-bond acceptors (Lipinski definition) is 2. The molecule has 2 heterocycles. The summed E-state index contributed by atoms with van der Waals surface area (Å²) in [6.07, 6.45) is 0. The van der Waals surface area contributed by atoms with E-state index in [0.29, 0.717) is 0 Å². The average Bonchev–Trinajstić information content (AvgIpc) is 3.61. The monoisotopic (exact) mass is 528 g/mol. The Kier molecular flexibility index (Phi) is 5.35. The van der Waals surface area contributed by atoms with Crippen LogP contribution in [-0.4, -0.2) is 9.55 Å². The van der Waals surface area contributed by atoms with E-state index in [1.54, 1.807) is 0 Å². The van der Waals surface area contributed by atoms with Crippen molar-refractivity contribution in [3.8, 4) is 39.3 Å². The molecule has 6 aromatic carbocycles. The molecule has 2 aromatic heterocycles. The predicted molar refractivity (Wildman–Crippen MR) is 170 cm³/mol. The van der Waals surface area contributed by atoms with Crippen molar-refractivity contribution in [2.24, 2.45) is 0 Å². The van der Waals surface area contributed by atoms with E-state index in [9.17, 15) is 0 Å². The molecule has 8 aromatic rings. The molecule has 0 saturated carbocycles. The Bertz CT molecular complexity index is 2150. The third-order valence-electron chi connectivity index (χ3n) is 7.59. The number of benzene rings is 6. The molecule has 0 aliphatic heterocycles. The number of para-hydroxylation sites is 3. The minimum Gasteiger partial charge on any atom is -0.292 e. The highest BCUT2D eigenvalue weighted by atomic mass is 32.1. The molecule has 0 atom stereocenters. The summed E-state index contributed by atoms with van der Waals surface area (Å²) in [7, 11) is 0. The second kappa shape index (κ2) is 9.33. The average molecular weight is 529 g/mol. The van der Waals surface area contributed by atoms with E-state index in [-0.39, 0.29) is 0 Å². The molecule has 40 heavy (non-hydrogen) atoms. The van der Waals surface area contributed by atoms with Crippen LogP contribution < -0.4 is 0 Å². The summed E-state index contributed by atoms with van der Waals surface area (Å²) in [5.74, 6) is 0.940. The van der Waals surface area contributed by atoms with Gasteiger partial charge < -0.3 is 0 Å². The Balaban J connectivity index is 1.43. The Labute approximate surface area is 236 Å². The number of rotatable bonds is 4. The van der Waals surface area contributed by atoms with Gasteiger partial charge in [0.1, 0.15) is 5.82 Å². The number of fused-ring (bicyclic) bond motifs is 4. The minimum atomic E-state index is 0.940. The molecule has 0 spiro atoms. The molecule has 0 aliphatic rings. The van der Waals surface area contributed by atoms with Crippen LogP contribution in [0.4, 0.5) is 0 Å². The number of thiophene rings is 1. The number of aromatic nitrogens is 2. The van der Waals surface area contributed by atoms with Crippen molar-refractivity contribution < 1.29 is 0 Å². The Hall–Kier alpha value is -4.99. The van der Waals surface area contributed by atoms with E-state index < -0.39 is 0 Å². The van der Waals surface area contributed by atoms with Gasteiger partial charge in [0.15, 0.2) is 0 Å². The van der Waals surface area contributed by atoms with Crippen molar-refractivity contribution in [2.75, 3.05) is 0 Å². The summed E-state index contributed by atoms with van der Waals surface area (Å²) in [6.45, 7) is 0. The van der Waals surface area contributed by atoms with Gasteiger partial charge in [-0.25, -0.2) is 4.98 Å². The smallest absolute Gasteiger partial charge is 0.145 e. The first kappa shape index (κ1) is 22.9. The van der Waals surface area contributed by atoms with E-state index >= 15 is 0 Å². The normalized spacial score (nSPS) is 11.5. The van der Waals surface area contributed by atoms with Crippen LogP contribution in [0.5, 0.6) is 0 Å². The summed E-state index contributed by atoms with van der Waals surface area (Å²) < 4.78 is 4.91. The van der Waals surface area contributed by atoms with Gasteiger partial charge in [-0.15, -0.1) is 11.3 Å². The van der Waals surface area contributed by atoms with Crippen LogP contribution in [-0.2, 0) is 0 Å². The van der Waals surface area contributed by atoms with E-state index in [2.05, 4.69) is 150 Å². The lowest BCUT2D eigenvalue weighted by molar-refractivity contribution is 1.10. The SMILES string of the molecule is c1ccc(-c2cc(-c3cccc4c3sc3ccccc34)cc(-c3nc4ccccc4n3-c3ccccc3)c2)cc1. The van der Waals surface area contributed by atoms with Crippen molar-refractivity contribution >= 4 is 42.5 Å². The van der Waals surface area contributed by atoms with E-state index in [0.717, 1.165) is 28.1 Å². The van der Waals surface area contributed by atoms with Crippen LogP contribution in [0, 0.1) is 0 Å². The van der Waals surface area contributed by atoms with Gasteiger partial charge in [-0.3, -0.25) is 4.57 Å². The molecule has 0 aliphatic carbocycles. The summed E-state index contributed by atoms with van der Waals surface area (Å²) in [6, 6.07) is 51.9.